The largest absolute Gasteiger partial charge is 0.295 e. The summed E-state index contributed by atoms with van der Waals surface area (Å²) in [7, 11) is 0. The molecule has 0 aliphatic heterocycles. The molecule has 0 spiro atoms. The number of hydrogen-bond acceptors (Lipinski definition) is 1. The van der Waals surface area contributed by atoms with Crippen LogP contribution in [0.5, 0.6) is 0 Å². The van der Waals surface area contributed by atoms with Gasteiger partial charge in [-0.25, -0.2) is 0 Å². The fourth-order valence-corrected chi connectivity index (χ4v) is 3.88. The van der Waals surface area contributed by atoms with Crippen LogP contribution in [0.15, 0.2) is 121 Å². The summed E-state index contributed by atoms with van der Waals surface area (Å²) in [6.45, 7) is 2.89. The molecule has 0 saturated carbocycles. The van der Waals surface area contributed by atoms with E-state index in [1.54, 1.807) is 0 Å². The Morgan fingerprint density at radius 3 is 1.52 bits per heavy atom. The smallest absolute Gasteiger partial charge is 0.0237 e. The minimum atomic E-state index is 0.948. The standard InChI is InChI=1S/C30H29N/c1-5-13-26(14-6-1)23-30(29-19-11-4-12-20-29)21-22-31(24-27-15-7-2-8-16-27)25-28-17-9-3-10-18-28/h1-20,23H,21-22,24-25H2/b30-23+. The fraction of sp³-hybridized carbons (Fsp3) is 0.133. The normalized spacial score (nSPS) is 11.6. The molecule has 0 atom stereocenters. The lowest BCUT2D eigenvalue weighted by atomic mass is 9.99. The fourth-order valence-electron chi connectivity index (χ4n) is 3.88. The number of nitrogens with zero attached hydrogens (tertiary/aromatic N) is 1. The Labute approximate surface area is 186 Å². The van der Waals surface area contributed by atoms with Crippen LogP contribution < -0.4 is 0 Å². The first-order valence-electron chi connectivity index (χ1n) is 11.0. The second-order valence-electron chi connectivity index (χ2n) is 7.88. The van der Waals surface area contributed by atoms with Crippen molar-refractivity contribution in [2.75, 3.05) is 6.54 Å². The maximum Gasteiger partial charge on any atom is 0.0237 e. The summed E-state index contributed by atoms with van der Waals surface area (Å²) in [6, 6.07) is 42.9. The molecule has 4 rings (SSSR count). The maximum absolute atomic E-state index is 2.55. The van der Waals surface area contributed by atoms with E-state index in [4.69, 9.17) is 0 Å². The third-order valence-electron chi connectivity index (χ3n) is 5.48. The average molecular weight is 404 g/mol. The zero-order valence-electron chi connectivity index (χ0n) is 17.9. The van der Waals surface area contributed by atoms with Crippen molar-refractivity contribution in [3.8, 4) is 0 Å². The van der Waals surface area contributed by atoms with Crippen LogP contribution in [-0.2, 0) is 13.1 Å². The van der Waals surface area contributed by atoms with Gasteiger partial charge in [0.15, 0.2) is 0 Å². The Balaban J connectivity index is 1.55. The lowest BCUT2D eigenvalue weighted by molar-refractivity contribution is 0.263. The topological polar surface area (TPSA) is 3.24 Å². The van der Waals surface area contributed by atoms with E-state index in [0.717, 1.165) is 26.1 Å². The molecule has 1 heteroatoms. The Kier molecular flexibility index (Phi) is 7.46. The van der Waals surface area contributed by atoms with E-state index in [0.29, 0.717) is 0 Å². The first-order chi connectivity index (χ1) is 15.4. The highest BCUT2D eigenvalue weighted by Gasteiger charge is 2.10. The number of rotatable bonds is 9. The van der Waals surface area contributed by atoms with Crippen molar-refractivity contribution >= 4 is 11.6 Å². The van der Waals surface area contributed by atoms with Crippen molar-refractivity contribution in [1.82, 2.24) is 4.90 Å². The highest BCUT2D eigenvalue weighted by atomic mass is 15.1. The summed E-state index contributed by atoms with van der Waals surface area (Å²) >= 11 is 0. The van der Waals surface area contributed by atoms with E-state index in [9.17, 15) is 0 Å². The van der Waals surface area contributed by atoms with E-state index in [1.807, 2.05) is 0 Å². The SMILES string of the molecule is C(=C(/CCN(Cc1ccccc1)Cc1ccccc1)c1ccccc1)/c1ccccc1. The van der Waals surface area contributed by atoms with Crippen molar-refractivity contribution in [3.63, 3.8) is 0 Å². The third-order valence-corrected chi connectivity index (χ3v) is 5.48. The molecule has 4 aromatic carbocycles. The second-order valence-corrected chi connectivity index (χ2v) is 7.88. The van der Waals surface area contributed by atoms with Crippen molar-refractivity contribution < 1.29 is 0 Å². The Bertz CT molecular complexity index is 1010. The highest BCUT2D eigenvalue weighted by Crippen LogP contribution is 2.23. The molecule has 0 bridgehead atoms. The lowest BCUT2D eigenvalue weighted by Gasteiger charge is -2.23. The van der Waals surface area contributed by atoms with Crippen LogP contribution in [0, 0.1) is 0 Å². The van der Waals surface area contributed by atoms with Crippen LogP contribution in [0.4, 0.5) is 0 Å². The summed E-state index contributed by atoms with van der Waals surface area (Å²) in [5.74, 6) is 0. The summed E-state index contributed by atoms with van der Waals surface area (Å²) in [4.78, 5) is 2.55. The Hall–Kier alpha value is -3.42. The van der Waals surface area contributed by atoms with Crippen molar-refractivity contribution in [2.24, 2.45) is 0 Å². The molecule has 4 aromatic rings. The number of benzene rings is 4. The van der Waals surface area contributed by atoms with Gasteiger partial charge in [0.25, 0.3) is 0 Å². The van der Waals surface area contributed by atoms with E-state index in [-0.39, 0.29) is 0 Å². The summed E-state index contributed by atoms with van der Waals surface area (Å²) < 4.78 is 0. The molecule has 0 unspecified atom stereocenters. The molecule has 0 aliphatic rings. The zero-order chi connectivity index (χ0) is 21.1. The van der Waals surface area contributed by atoms with Gasteiger partial charge in [-0.3, -0.25) is 4.90 Å². The van der Waals surface area contributed by atoms with Crippen molar-refractivity contribution in [1.29, 1.82) is 0 Å². The van der Waals surface area contributed by atoms with Gasteiger partial charge < -0.3 is 0 Å². The molecule has 0 amide bonds. The maximum atomic E-state index is 2.55. The van der Waals surface area contributed by atoms with E-state index in [2.05, 4.69) is 132 Å². The van der Waals surface area contributed by atoms with Crippen LogP contribution in [0.1, 0.15) is 28.7 Å². The van der Waals surface area contributed by atoms with Gasteiger partial charge >= 0.3 is 0 Å². The molecule has 0 aromatic heterocycles. The molecule has 154 valence electrons. The summed E-state index contributed by atoms with van der Waals surface area (Å²) in [5.41, 5.74) is 6.63. The predicted octanol–water partition coefficient (Wildman–Crippen LogP) is 7.32. The molecule has 0 N–H and O–H groups in total. The van der Waals surface area contributed by atoms with Crippen LogP contribution >= 0.6 is 0 Å². The lowest BCUT2D eigenvalue weighted by Crippen LogP contribution is -2.24. The number of hydrogen-bond donors (Lipinski definition) is 0. The van der Waals surface area contributed by atoms with E-state index >= 15 is 0 Å². The minimum Gasteiger partial charge on any atom is -0.295 e. The van der Waals surface area contributed by atoms with Gasteiger partial charge in [0.1, 0.15) is 0 Å². The quantitative estimate of drug-likeness (QED) is 0.265. The van der Waals surface area contributed by atoms with Gasteiger partial charge in [-0.15, -0.1) is 0 Å². The first kappa shape index (κ1) is 20.8. The molecule has 1 nitrogen and oxygen atoms in total. The van der Waals surface area contributed by atoms with Gasteiger partial charge in [-0.2, -0.15) is 0 Å². The first-order valence-corrected chi connectivity index (χ1v) is 11.0. The summed E-state index contributed by atoms with van der Waals surface area (Å²) in [5, 5.41) is 0. The van der Waals surface area contributed by atoms with Crippen LogP contribution in [-0.4, -0.2) is 11.4 Å². The van der Waals surface area contributed by atoms with Gasteiger partial charge in [-0.05, 0) is 34.2 Å². The Morgan fingerprint density at radius 2 is 1.00 bits per heavy atom. The zero-order valence-corrected chi connectivity index (χ0v) is 17.9. The molecule has 0 radical (unpaired) electrons. The molecule has 31 heavy (non-hydrogen) atoms. The minimum absolute atomic E-state index is 0.948. The molecule has 0 fully saturated rings. The molecule has 0 heterocycles. The molecular weight excluding hydrogens is 374 g/mol. The highest BCUT2D eigenvalue weighted by molar-refractivity contribution is 5.81. The monoisotopic (exact) mass is 403 g/mol. The van der Waals surface area contributed by atoms with Crippen molar-refractivity contribution in [2.45, 2.75) is 19.5 Å². The van der Waals surface area contributed by atoms with E-state index < -0.39 is 0 Å². The predicted molar refractivity (Wildman–Crippen MR) is 132 cm³/mol. The van der Waals surface area contributed by atoms with Crippen LogP contribution in [0.3, 0.4) is 0 Å². The Morgan fingerprint density at radius 1 is 0.548 bits per heavy atom. The third kappa shape index (κ3) is 6.53. The molecular formula is C30H29N. The second kappa shape index (κ2) is 11.1. The summed E-state index contributed by atoms with van der Waals surface area (Å²) in [6.07, 6.45) is 3.33. The van der Waals surface area contributed by atoms with E-state index in [1.165, 1.54) is 27.8 Å². The molecule has 0 saturated heterocycles. The van der Waals surface area contributed by atoms with Gasteiger partial charge in [0.05, 0.1) is 0 Å². The average Bonchev–Trinajstić information content (AvgIpc) is 2.84. The molecule has 0 aliphatic carbocycles. The van der Waals surface area contributed by atoms with Crippen molar-refractivity contribution in [3.05, 3.63) is 144 Å². The van der Waals surface area contributed by atoms with Gasteiger partial charge in [-0.1, -0.05) is 127 Å². The van der Waals surface area contributed by atoms with Crippen LogP contribution in [0.25, 0.3) is 11.6 Å². The van der Waals surface area contributed by atoms with Gasteiger partial charge in [0, 0.05) is 19.6 Å². The van der Waals surface area contributed by atoms with Gasteiger partial charge in [0.2, 0.25) is 0 Å². The van der Waals surface area contributed by atoms with Crippen LogP contribution in [0.2, 0.25) is 0 Å².